The van der Waals surface area contributed by atoms with E-state index in [2.05, 4.69) is 9.97 Å². The molecule has 0 aliphatic heterocycles. The van der Waals surface area contributed by atoms with Crippen molar-refractivity contribution >= 4 is 39.2 Å². The summed E-state index contributed by atoms with van der Waals surface area (Å²) >= 11 is 2.89. The number of hydrogen-bond acceptors (Lipinski definition) is 5. The predicted octanol–water partition coefficient (Wildman–Crippen LogP) is 3.25. The number of hydrogen-bond donors (Lipinski definition) is 1. The number of rotatable bonds is 4. The molecule has 0 radical (unpaired) electrons. The molecule has 0 aliphatic carbocycles. The Balaban J connectivity index is 2.26. The van der Waals surface area contributed by atoms with Crippen LogP contribution in [-0.4, -0.2) is 22.1 Å². The van der Waals surface area contributed by atoms with Crippen LogP contribution < -0.4 is 5.73 Å². The molecule has 0 saturated heterocycles. The molecule has 0 atom stereocenters. The van der Waals surface area contributed by atoms with E-state index in [9.17, 15) is 9.18 Å². The molecule has 22 heavy (non-hydrogen) atoms. The van der Waals surface area contributed by atoms with Gasteiger partial charge in [-0.05, 0) is 24.0 Å². The van der Waals surface area contributed by atoms with Crippen molar-refractivity contribution in [3.8, 4) is 11.1 Å². The number of halogens is 1. The zero-order chi connectivity index (χ0) is 15.7. The van der Waals surface area contributed by atoms with Crippen LogP contribution in [0, 0.1) is 5.82 Å². The van der Waals surface area contributed by atoms with Gasteiger partial charge >= 0.3 is 0 Å². The second kappa shape index (κ2) is 6.02. The molecule has 1 amide bonds. The molecule has 4 nitrogen and oxygen atoms in total. The fourth-order valence-corrected chi connectivity index (χ4v) is 3.71. The maximum Gasteiger partial charge on any atom is 0.222 e. The summed E-state index contributed by atoms with van der Waals surface area (Å²) in [4.78, 5) is 20.9. The van der Waals surface area contributed by atoms with Gasteiger partial charge in [0.25, 0.3) is 0 Å². The van der Waals surface area contributed by atoms with Gasteiger partial charge in [-0.1, -0.05) is 23.9 Å². The highest BCUT2D eigenvalue weighted by atomic mass is 32.2. The highest BCUT2D eigenvalue weighted by molar-refractivity contribution is 7.98. The van der Waals surface area contributed by atoms with Crippen LogP contribution in [0.5, 0.6) is 0 Å². The topological polar surface area (TPSA) is 68.9 Å². The van der Waals surface area contributed by atoms with Crippen molar-refractivity contribution in [2.75, 3.05) is 6.26 Å². The minimum Gasteiger partial charge on any atom is -0.369 e. The van der Waals surface area contributed by atoms with Crippen LogP contribution in [0.25, 0.3) is 21.3 Å². The summed E-state index contributed by atoms with van der Waals surface area (Å²) in [6.07, 6.45) is 3.77. The van der Waals surface area contributed by atoms with Crippen LogP contribution in [0.2, 0.25) is 0 Å². The zero-order valence-corrected chi connectivity index (χ0v) is 13.3. The van der Waals surface area contributed by atoms with E-state index in [1.807, 2.05) is 6.26 Å². The van der Waals surface area contributed by atoms with Gasteiger partial charge in [-0.2, -0.15) is 0 Å². The highest BCUT2D eigenvalue weighted by Gasteiger charge is 2.18. The summed E-state index contributed by atoms with van der Waals surface area (Å²) in [6, 6.07) is 6.15. The number of carbonyl (C=O) groups excluding carboxylic acids is 1. The molecule has 3 aromatic rings. The van der Waals surface area contributed by atoms with Crippen LogP contribution >= 0.6 is 23.1 Å². The number of benzene rings is 1. The van der Waals surface area contributed by atoms with Crippen molar-refractivity contribution in [1.29, 1.82) is 0 Å². The van der Waals surface area contributed by atoms with E-state index in [-0.39, 0.29) is 12.2 Å². The lowest BCUT2D eigenvalue weighted by atomic mass is 10.0. The van der Waals surface area contributed by atoms with Crippen molar-refractivity contribution in [1.82, 2.24) is 9.97 Å². The average Bonchev–Trinajstić information content (AvgIpc) is 2.84. The van der Waals surface area contributed by atoms with E-state index in [1.54, 1.807) is 18.3 Å². The van der Waals surface area contributed by atoms with E-state index in [4.69, 9.17) is 5.73 Å². The standard InChI is InChI=1S/C15H12FN3OS2/c1-21-15-18-7-11-14(19-15)13(10(22-11)6-12(17)20)8-2-4-9(16)5-3-8/h2-5,7H,6H2,1H3,(H2,17,20). The quantitative estimate of drug-likeness (QED) is 0.588. The Kier molecular flexibility index (Phi) is 4.08. The Morgan fingerprint density at radius 3 is 2.73 bits per heavy atom. The number of nitrogens with two attached hydrogens (primary N) is 1. The van der Waals surface area contributed by atoms with Crippen LogP contribution in [0.3, 0.4) is 0 Å². The molecule has 3 rings (SSSR count). The fourth-order valence-electron chi connectivity index (χ4n) is 2.22. The number of amides is 1. The van der Waals surface area contributed by atoms with Gasteiger partial charge < -0.3 is 5.73 Å². The van der Waals surface area contributed by atoms with E-state index < -0.39 is 5.91 Å². The van der Waals surface area contributed by atoms with Gasteiger partial charge in [-0.25, -0.2) is 14.4 Å². The highest BCUT2D eigenvalue weighted by Crippen LogP contribution is 2.38. The third-order valence-corrected chi connectivity index (χ3v) is 4.81. The second-order valence-corrected chi connectivity index (χ2v) is 6.53. The molecule has 1 aromatic carbocycles. The first kappa shape index (κ1) is 14.9. The normalized spacial score (nSPS) is 11.0. The summed E-state index contributed by atoms with van der Waals surface area (Å²) in [6.45, 7) is 0. The molecule has 2 heterocycles. The van der Waals surface area contributed by atoms with E-state index >= 15 is 0 Å². The third-order valence-electron chi connectivity index (χ3n) is 3.13. The molecule has 7 heteroatoms. The molecular formula is C15H12FN3OS2. The lowest BCUT2D eigenvalue weighted by Crippen LogP contribution is -2.13. The number of carbonyl (C=O) groups is 1. The minimum absolute atomic E-state index is 0.127. The number of aromatic nitrogens is 2. The van der Waals surface area contributed by atoms with Crippen LogP contribution in [-0.2, 0) is 11.2 Å². The number of thiophene rings is 1. The maximum atomic E-state index is 13.2. The molecule has 112 valence electrons. The van der Waals surface area contributed by atoms with Crippen LogP contribution in [0.4, 0.5) is 4.39 Å². The summed E-state index contributed by atoms with van der Waals surface area (Å²) < 4.78 is 14.1. The minimum atomic E-state index is -0.409. The molecule has 0 aliphatic rings. The van der Waals surface area contributed by atoms with Gasteiger partial charge in [-0.3, -0.25) is 4.79 Å². The van der Waals surface area contributed by atoms with Gasteiger partial charge in [0.1, 0.15) is 5.82 Å². The molecule has 2 aromatic heterocycles. The second-order valence-electron chi connectivity index (χ2n) is 4.62. The van der Waals surface area contributed by atoms with Crippen molar-refractivity contribution in [2.45, 2.75) is 11.6 Å². The summed E-state index contributed by atoms with van der Waals surface area (Å²) in [5.41, 5.74) is 7.76. The van der Waals surface area contributed by atoms with Gasteiger partial charge in [0.2, 0.25) is 5.91 Å². The Labute approximate surface area is 134 Å². The largest absolute Gasteiger partial charge is 0.369 e. The van der Waals surface area contributed by atoms with Crippen LogP contribution in [0.1, 0.15) is 4.88 Å². The summed E-state index contributed by atoms with van der Waals surface area (Å²) in [5, 5.41) is 0.652. The molecule has 0 saturated carbocycles. The van der Waals surface area contributed by atoms with Crippen molar-refractivity contribution < 1.29 is 9.18 Å². The van der Waals surface area contributed by atoms with Crippen molar-refractivity contribution in [3.05, 3.63) is 41.2 Å². The summed E-state index contributed by atoms with van der Waals surface area (Å²) in [7, 11) is 0. The average molecular weight is 333 g/mol. The van der Waals surface area contributed by atoms with Crippen molar-refractivity contribution in [3.63, 3.8) is 0 Å². The molecule has 0 bridgehead atoms. The number of fused-ring (bicyclic) bond motifs is 1. The van der Waals surface area contributed by atoms with Crippen LogP contribution in [0.15, 0.2) is 35.6 Å². The maximum absolute atomic E-state index is 13.2. The molecule has 0 fully saturated rings. The zero-order valence-electron chi connectivity index (χ0n) is 11.7. The van der Waals surface area contributed by atoms with Gasteiger partial charge in [-0.15, -0.1) is 11.3 Å². The number of nitrogens with zero attached hydrogens (tertiary/aromatic N) is 2. The smallest absolute Gasteiger partial charge is 0.222 e. The predicted molar refractivity (Wildman–Crippen MR) is 87.5 cm³/mol. The molecule has 2 N–H and O–H groups in total. The first-order valence-electron chi connectivity index (χ1n) is 6.45. The first-order valence-corrected chi connectivity index (χ1v) is 8.49. The SMILES string of the molecule is CSc1ncc2sc(CC(N)=O)c(-c3ccc(F)cc3)c2n1. The molecule has 0 spiro atoms. The molecular weight excluding hydrogens is 321 g/mol. The Bertz CT molecular complexity index is 846. The third kappa shape index (κ3) is 2.82. The lowest BCUT2D eigenvalue weighted by Gasteiger charge is -2.04. The Morgan fingerprint density at radius 2 is 2.09 bits per heavy atom. The van der Waals surface area contributed by atoms with E-state index in [0.717, 1.165) is 26.2 Å². The van der Waals surface area contributed by atoms with E-state index in [0.29, 0.717) is 5.16 Å². The first-order chi connectivity index (χ1) is 10.6. The number of thioether (sulfide) groups is 1. The fraction of sp³-hybridized carbons (Fsp3) is 0.133. The van der Waals surface area contributed by atoms with Gasteiger partial charge in [0.05, 0.1) is 16.6 Å². The lowest BCUT2D eigenvalue weighted by molar-refractivity contribution is -0.117. The molecule has 0 unspecified atom stereocenters. The number of primary amides is 1. The van der Waals surface area contributed by atoms with Gasteiger partial charge in [0, 0.05) is 16.6 Å². The monoisotopic (exact) mass is 333 g/mol. The van der Waals surface area contributed by atoms with Crippen molar-refractivity contribution in [2.24, 2.45) is 5.73 Å². The Morgan fingerprint density at radius 1 is 1.36 bits per heavy atom. The van der Waals surface area contributed by atoms with Gasteiger partial charge in [0.15, 0.2) is 5.16 Å². The summed E-state index contributed by atoms with van der Waals surface area (Å²) in [5.74, 6) is -0.716. The Hall–Kier alpha value is -1.99. The van der Waals surface area contributed by atoms with E-state index in [1.165, 1.54) is 35.2 Å².